The molecule has 0 saturated heterocycles. The van der Waals surface area contributed by atoms with E-state index in [9.17, 15) is 4.79 Å². The van der Waals surface area contributed by atoms with Crippen molar-refractivity contribution in [1.29, 1.82) is 0 Å². The number of carbonyl (C=O) groups is 1. The van der Waals surface area contributed by atoms with Gasteiger partial charge < -0.3 is 14.8 Å². The molecule has 0 spiro atoms. The molecule has 0 bridgehead atoms. The van der Waals surface area contributed by atoms with Gasteiger partial charge in [-0.25, -0.2) is 0 Å². The molecule has 1 amide bonds. The molecule has 0 fully saturated rings. The van der Waals surface area contributed by atoms with Gasteiger partial charge in [0.15, 0.2) is 0 Å². The maximum atomic E-state index is 12.1. The number of amides is 1. The van der Waals surface area contributed by atoms with Gasteiger partial charge in [0.25, 0.3) is 0 Å². The molecule has 0 aliphatic rings. The number of rotatable bonds is 7. The SMILES string of the molecule is COc1cc(NC(=O)CCSc2ccc(C)c(C)c2)cc(OC)c1. The zero-order chi connectivity index (χ0) is 17.5. The van der Waals surface area contributed by atoms with Crippen LogP contribution in [0.3, 0.4) is 0 Å². The van der Waals surface area contributed by atoms with Gasteiger partial charge in [-0.1, -0.05) is 6.07 Å². The Morgan fingerprint density at radius 2 is 1.67 bits per heavy atom. The minimum absolute atomic E-state index is 0.0263. The fraction of sp³-hybridized carbons (Fsp3) is 0.316. The summed E-state index contributed by atoms with van der Waals surface area (Å²) >= 11 is 1.69. The van der Waals surface area contributed by atoms with Crippen LogP contribution < -0.4 is 14.8 Å². The van der Waals surface area contributed by atoms with Gasteiger partial charge in [-0.15, -0.1) is 11.8 Å². The van der Waals surface area contributed by atoms with Gasteiger partial charge in [0.2, 0.25) is 5.91 Å². The van der Waals surface area contributed by atoms with Crippen LogP contribution in [0.2, 0.25) is 0 Å². The number of hydrogen-bond donors (Lipinski definition) is 1. The molecule has 0 unspecified atom stereocenters. The van der Waals surface area contributed by atoms with Crippen LogP contribution in [0.4, 0.5) is 5.69 Å². The summed E-state index contributed by atoms with van der Waals surface area (Å²) in [7, 11) is 3.17. The van der Waals surface area contributed by atoms with Crippen molar-refractivity contribution in [3.8, 4) is 11.5 Å². The molecule has 2 aromatic rings. The summed E-state index contributed by atoms with van der Waals surface area (Å²) in [5.74, 6) is 2.00. The average Bonchev–Trinajstić information content (AvgIpc) is 2.57. The predicted molar refractivity (Wildman–Crippen MR) is 99.4 cm³/mol. The highest BCUT2D eigenvalue weighted by Crippen LogP contribution is 2.26. The van der Waals surface area contributed by atoms with Gasteiger partial charge in [-0.3, -0.25) is 4.79 Å². The number of nitrogens with one attached hydrogen (secondary N) is 1. The van der Waals surface area contributed by atoms with Gasteiger partial charge in [0, 0.05) is 41.0 Å². The highest BCUT2D eigenvalue weighted by Gasteiger charge is 2.07. The van der Waals surface area contributed by atoms with E-state index in [0.29, 0.717) is 23.6 Å². The Balaban J connectivity index is 1.88. The number of thioether (sulfide) groups is 1. The molecule has 0 aromatic heterocycles. The van der Waals surface area contributed by atoms with Crippen molar-refractivity contribution in [2.45, 2.75) is 25.2 Å². The van der Waals surface area contributed by atoms with Crippen LogP contribution in [0.1, 0.15) is 17.5 Å². The summed E-state index contributed by atoms with van der Waals surface area (Å²) in [4.78, 5) is 13.3. The van der Waals surface area contributed by atoms with Crippen molar-refractivity contribution in [2.24, 2.45) is 0 Å². The Kier molecular flexibility index (Phi) is 6.55. The number of ether oxygens (including phenoxy) is 2. The first-order chi connectivity index (χ1) is 11.5. The van der Waals surface area contributed by atoms with Crippen LogP contribution >= 0.6 is 11.8 Å². The van der Waals surface area contributed by atoms with Crippen molar-refractivity contribution in [3.05, 3.63) is 47.5 Å². The van der Waals surface area contributed by atoms with Crippen LogP contribution in [-0.4, -0.2) is 25.9 Å². The Hall–Kier alpha value is -2.14. The Bertz CT molecular complexity index is 694. The lowest BCUT2D eigenvalue weighted by Gasteiger charge is -2.10. The summed E-state index contributed by atoms with van der Waals surface area (Å²) in [5.41, 5.74) is 3.23. The Morgan fingerprint density at radius 3 is 2.25 bits per heavy atom. The largest absolute Gasteiger partial charge is 0.497 e. The molecule has 0 aliphatic heterocycles. The summed E-state index contributed by atoms with van der Waals surface area (Å²) in [5, 5.41) is 2.89. The minimum Gasteiger partial charge on any atom is -0.497 e. The zero-order valence-corrected chi connectivity index (χ0v) is 15.3. The Labute approximate surface area is 147 Å². The third kappa shape index (κ3) is 5.20. The molecule has 0 radical (unpaired) electrons. The van der Waals surface area contributed by atoms with Crippen molar-refractivity contribution in [2.75, 3.05) is 25.3 Å². The second-order valence-electron chi connectivity index (χ2n) is 5.49. The van der Waals surface area contributed by atoms with Crippen molar-refractivity contribution in [3.63, 3.8) is 0 Å². The standard InChI is InChI=1S/C19H23NO3S/c1-13-5-6-18(9-14(13)2)24-8-7-19(21)20-15-10-16(22-3)12-17(11-15)23-4/h5-6,9-12H,7-8H2,1-4H3,(H,20,21). The van der Waals surface area contributed by atoms with E-state index < -0.39 is 0 Å². The summed E-state index contributed by atoms with van der Waals surface area (Å²) in [6.07, 6.45) is 0.442. The first-order valence-corrected chi connectivity index (χ1v) is 8.73. The molecule has 0 heterocycles. The van der Waals surface area contributed by atoms with Crippen LogP contribution in [0, 0.1) is 13.8 Å². The number of benzene rings is 2. The molecular weight excluding hydrogens is 322 g/mol. The second-order valence-corrected chi connectivity index (χ2v) is 6.66. The normalized spacial score (nSPS) is 10.3. The third-order valence-corrected chi connectivity index (χ3v) is 4.71. The summed E-state index contributed by atoms with van der Waals surface area (Å²) < 4.78 is 10.4. The lowest BCUT2D eigenvalue weighted by Crippen LogP contribution is -2.12. The molecule has 4 nitrogen and oxygen atoms in total. The fourth-order valence-corrected chi connectivity index (χ4v) is 3.12. The van der Waals surface area contributed by atoms with E-state index in [4.69, 9.17) is 9.47 Å². The van der Waals surface area contributed by atoms with Crippen LogP contribution in [0.25, 0.3) is 0 Å². The van der Waals surface area contributed by atoms with Crippen molar-refractivity contribution < 1.29 is 14.3 Å². The van der Waals surface area contributed by atoms with E-state index in [0.717, 1.165) is 5.75 Å². The molecule has 1 N–H and O–H groups in total. The first kappa shape index (κ1) is 18.2. The first-order valence-electron chi connectivity index (χ1n) is 7.75. The summed E-state index contributed by atoms with van der Waals surface area (Å²) in [6.45, 7) is 4.20. The zero-order valence-electron chi connectivity index (χ0n) is 14.5. The number of aryl methyl sites for hydroxylation is 2. The van der Waals surface area contributed by atoms with E-state index in [1.165, 1.54) is 16.0 Å². The minimum atomic E-state index is -0.0263. The molecule has 128 valence electrons. The molecule has 2 rings (SSSR count). The van der Waals surface area contributed by atoms with E-state index in [-0.39, 0.29) is 5.91 Å². The van der Waals surface area contributed by atoms with Gasteiger partial charge in [-0.05, 0) is 37.1 Å². The van der Waals surface area contributed by atoms with Gasteiger partial charge in [0.1, 0.15) is 11.5 Å². The number of anilines is 1. The van der Waals surface area contributed by atoms with Gasteiger partial charge in [0.05, 0.1) is 14.2 Å². The van der Waals surface area contributed by atoms with E-state index in [1.807, 2.05) is 0 Å². The maximum absolute atomic E-state index is 12.1. The number of hydrogen-bond acceptors (Lipinski definition) is 4. The third-order valence-electron chi connectivity index (χ3n) is 3.71. The van der Waals surface area contributed by atoms with Gasteiger partial charge in [-0.2, -0.15) is 0 Å². The monoisotopic (exact) mass is 345 g/mol. The maximum Gasteiger partial charge on any atom is 0.225 e. The average molecular weight is 345 g/mol. The van der Waals surface area contributed by atoms with Crippen LogP contribution in [-0.2, 0) is 4.79 Å². The predicted octanol–water partition coefficient (Wildman–Crippen LogP) is 4.44. The topological polar surface area (TPSA) is 47.6 Å². The summed E-state index contributed by atoms with van der Waals surface area (Å²) in [6, 6.07) is 11.7. The molecule has 0 aliphatic carbocycles. The van der Waals surface area contributed by atoms with Crippen LogP contribution in [0.5, 0.6) is 11.5 Å². The van der Waals surface area contributed by atoms with Gasteiger partial charge >= 0.3 is 0 Å². The Morgan fingerprint density at radius 1 is 1.00 bits per heavy atom. The fourth-order valence-electron chi connectivity index (χ4n) is 2.17. The number of carbonyl (C=O) groups excluding carboxylic acids is 1. The lowest BCUT2D eigenvalue weighted by molar-refractivity contribution is -0.115. The van der Waals surface area contributed by atoms with Crippen LogP contribution in [0.15, 0.2) is 41.3 Å². The quantitative estimate of drug-likeness (QED) is 0.754. The molecule has 0 saturated carbocycles. The molecule has 24 heavy (non-hydrogen) atoms. The van der Waals surface area contributed by atoms with Crippen molar-refractivity contribution >= 4 is 23.4 Å². The molecule has 5 heteroatoms. The van der Waals surface area contributed by atoms with E-state index in [1.54, 1.807) is 44.2 Å². The smallest absolute Gasteiger partial charge is 0.225 e. The molecule has 0 atom stereocenters. The highest BCUT2D eigenvalue weighted by atomic mass is 32.2. The second kappa shape index (κ2) is 8.64. The lowest BCUT2D eigenvalue weighted by atomic mass is 10.1. The molecule has 2 aromatic carbocycles. The van der Waals surface area contributed by atoms with E-state index in [2.05, 4.69) is 37.4 Å². The number of methoxy groups -OCH3 is 2. The molecular formula is C19H23NO3S. The van der Waals surface area contributed by atoms with Crippen molar-refractivity contribution in [1.82, 2.24) is 0 Å². The highest BCUT2D eigenvalue weighted by molar-refractivity contribution is 7.99. The van der Waals surface area contributed by atoms with E-state index >= 15 is 0 Å².